The van der Waals surface area contributed by atoms with Crippen molar-refractivity contribution in [3.8, 4) is 0 Å². The van der Waals surface area contributed by atoms with Crippen LogP contribution in [0.25, 0.3) is 0 Å². The summed E-state index contributed by atoms with van der Waals surface area (Å²) in [7, 11) is 2.15. The van der Waals surface area contributed by atoms with Crippen LogP contribution in [-0.4, -0.2) is 48.8 Å². The highest BCUT2D eigenvalue weighted by Gasteiger charge is 2.33. The van der Waals surface area contributed by atoms with E-state index in [1.54, 1.807) is 0 Å². The Hall–Kier alpha value is -0.490. The van der Waals surface area contributed by atoms with Crippen LogP contribution >= 0.6 is 15.9 Å². The average molecular weight is 326 g/mol. The highest BCUT2D eigenvalue weighted by atomic mass is 79.9. The topological polar surface area (TPSA) is 37.4 Å². The van der Waals surface area contributed by atoms with Crippen molar-refractivity contribution in [2.24, 2.45) is 0 Å². The van der Waals surface area contributed by atoms with Crippen LogP contribution in [0.2, 0.25) is 0 Å². The molecule has 1 saturated carbocycles. The number of aromatic nitrogens is 1. The van der Waals surface area contributed by atoms with Gasteiger partial charge in [0.25, 0.3) is 0 Å². The molecule has 104 valence electrons. The molecule has 1 N–H and O–H groups in total. The van der Waals surface area contributed by atoms with Gasteiger partial charge in [-0.15, -0.1) is 0 Å². The predicted molar refractivity (Wildman–Crippen MR) is 78.1 cm³/mol. The molecule has 0 aromatic carbocycles. The third-order valence-electron chi connectivity index (χ3n) is 3.84. The van der Waals surface area contributed by atoms with Gasteiger partial charge in [0.15, 0.2) is 0 Å². The van der Waals surface area contributed by atoms with E-state index in [0.717, 1.165) is 29.9 Å². The van der Waals surface area contributed by atoms with Crippen LogP contribution in [0.3, 0.4) is 0 Å². The molecule has 2 aliphatic rings. The normalized spacial score (nSPS) is 28.5. The minimum atomic E-state index is 0.188. The lowest BCUT2D eigenvalue weighted by Gasteiger charge is -2.39. The fraction of sp³-hybridized carbons (Fsp3) is 0.643. The molecule has 1 aliphatic heterocycles. The molecule has 1 aromatic heterocycles. The molecule has 1 aliphatic carbocycles. The van der Waals surface area contributed by atoms with Gasteiger partial charge in [0.1, 0.15) is 0 Å². The molecule has 1 aromatic rings. The molecule has 0 bridgehead atoms. The summed E-state index contributed by atoms with van der Waals surface area (Å²) in [4.78, 5) is 6.90. The number of ether oxygens (including phenoxy) is 1. The minimum absolute atomic E-state index is 0.188. The number of nitrogens with zero attached hydrogens (tertiary/aromatic N) is 2. The highest BCUT2D eigenvalue weighted by Crippen LogP contribution is 2.28. The Morgan fingerprint density at radius 1 is 1.47 bits per heavy atom. The van der Waals surface area contributed by atoms with Gasteiger partial charge < -0.3 is 10.1 Å². The lowest BCUT2D eigenvalue weighted by atomic mass is 10.0. The van der Waals surface area contributed by atoms with Crippen LogP contribution < -0.4 is 5.32 Å². The van der Waals surface area contributed by atoms with E-state index in [2.05, 4.69) is 50.3 Å². The van der Waals surface area contributed by atoms with Crippen LogP contribution in [-0.2, 0) is 4.74 Å². The van der Waals surface area contributed by atoms with E-state index >= 15 is 0 Å². The summed E-state index contributed by atoms with van der Waals surface area (Å²) in [5.74, 6) is 0. The maximum absolute atomic E-state index is 5.97. The van der Waals surface area contributed by atoms with Gasteiger partial charge in [-0.25, -0.2) is 0 Å². The summed E-state index contributed by atoms with van der Waals surface area (Å²) in [5, 5.41) is 3.57. The first-order chi connectivity index (χ1) is 9.24. The molecule has 3 rings (SSSR count). The van der Waals surface area contributed by atoms with Gasteiger partial charge >= 0.3 is 0 Å². The second-order valence-corrected chi connectivity index (χ2v) is 6.33. The van der Waals surface area contributed by atoms with Gasteiger partial charge in [0.05, 0.1) is 24.4 Å². The third kappa shape index (κ3) is 3.34. The van der Waals surface area contributed by atoms with E-state index in [-0.39, 0.29) is 12.1 Å². The van der Waals surface area contributed by atoms with E-state index in [1.165, 1.54) is 12.8 Å². The first-order valence-electron chi connectivity index (χ1n) is 6.91. The third-order valence-corrected chi connectivity index (χ3v) is 4.31. The summed E-state index contributed by atoms with van der Waals surface area (Å²) < 4.78 is 6.98. The second kappa shape index (κ2) is 5.87. The monoisotopic (exact) mass is 325 g/mol. The van der Waals surface area contributed by atoms with E-state index in [4.69, 9.17) is 4.74 Å². The summed E-state index contributed by atoms with van der Waals surface area (Å²) in [6.07, 6.45) is 4.67. The van der Waals surface area contributed by atoms with Crippen molar-refractivity contribution in [1.29, 1.82) is 0 Å². The van der Waals surface area contributed by atoms with Gasteiger partial charge in [-0.1, -0.05) is 0 Å². The molecule has 0 spiro atoms. The molecule has 4 nitrogen and oxygen atoms in total. The standard InChI is InChI=1S/C14H20BrN3O/c1-18-6-7-19-13(9-16-11-3-4-11)14(18)12-5-2-10(15)8-17-12/h2,5,8,11,13-14,16H,3-4,6-7,9H2,1H3. The molecule has 0 amide bonds. The molecule has 5 heteroatoms. The lowest BCUT2D eigenvalue weighted by Crippen LogP contribution is -2.48. The fourth-order valence-electron chi connectivity index (χ4n) is 2.58. The Morgan fingerprint density at radius 2 is 2.32 bits per heavy atom. The highest BCUT2D eigenvalue weighted by molar-refractivity contribution is 9.10. The molecule has 1 saturated heterocycles. The number of pyridine rings is 1. The van der Waals surface area contributed by atoms with Gasteiger partial charge in [-0.2, -0.15) is 0 Å². The van der Waals surface area contributed by atoms with Crippen LogP contribution in [0.5, 0.6) is 0 Å². The van der Waals surface area contributed by atoms with E-state index in [0.29, 0.717) is 6.04 Å². The number of nitrogens with one attached hydrogen (secondary N) is 1. The van der Waals surface area contributed by atoms with E-state index in [9.17, 15) is 0 Å². The fourth-order valence-corrected chi connectivity index (χ4v) is 2.82. The maximum Gasteiger partial charge on any atom is 0.0911 e. The zero-order chi connectivity index (χ0) is 13.2. The van der Waals surface area contributed by atoms with Gasteiger partial charge in [0, 0.05) is 29.8 Å². The molecule has 19 heavy (non-hydrogen) atoms. The van der Waals surface area contributed by atoms with Gasteiger partial charge in [-0.05, 0) is 48.0 Å². The maximum atomic E-state index is 5.97. The molecule has 2 fully saturated rings. The Morgan fingerprint density at radius 3 is 3.00 bits per heavy atom. The first-order valence-corrected chi connectivity index (χ1v) is 7.70. The summed E-state index contributed by atoms with van der Waals surface area (Å²) in [6, 6.07) is 5.10. The largest absolute Gasteiger partial charge is 0.374 e. The second-order valence-electron chi connectivity index (χ2n) is 5.42. The van der Waals surface area contributed by atoms with Crippen LogP contribution in [0.15, 0.2) is 22.8 Å². The number of halogens is 1. The average Bonchev–Trinajstić information content (AvgIpc) is 3.22. The molecule has 2 heterocycles. The minimum Gasteiger partial charge on any atom is -0.374 e. The molecular weight excluding hydrogens is 306 g/mol. The molecule has 2 atom stereocenters. The SMILES string of the molecule is CN1CCOC(CNC2CC2)C1c1ccc(Br)cn1. The predicted octanol–water partition coefficient (Wildman–Crippen LogP) is 1.97. The van der Waals surface area contributed by atoms with Gasteiger partial charge in [-0.3, -0.25) is 9.88 Å². The number of likely N-dealkylation sites (N-methyl/N-ethyl adjacent to an activating group) is 1. The summed E-state index contributed by atoms with van der Waals surface area (Å²) in [6.45, 7) is 2.68. The Bertz CT molecular complexity index is 421. The first kappa shape index (κ1) is 13.5. The van der Waals surface area contributed by atoms with Crippen LogP contribution in [0, 0.1) is 0 Å². The van der Waals surface area contributed by atoms with Crippen molar-refractivity contribution in [2.75, 3.05) is 26.7 Å². The number of hydrogen-bond acceptors (Lipinski definition) is 4. The van der Waals surface area contributed by atoms with E-state index in [1.807, 2.05) is 6.20 Å². The zero-order valence-electron chi connectivity index (χ0n) is 11.2. The van der Waals surface area contributed by atoms with E-state index < -0.39 is 0 Å². The number of morpholine rings is 1. The zero-order valence-corrected chi connectivity index (χ0v) is 12.8. The molecule has 2 unspecified atom stereocenters. The summed E-state index contributed by atoms with van der Waals surface area (Å²) >= 11 is 3.44. The summed E-state index contributed by atoms with van der Waals surface area (Å²) in [5.41, 5.74) is 1.09. The van der Waals surface area contributed by atoms with Gasteiger partial charge in [0.2, 0.25) is 0 Å². The smallest absolute Gasteiger partial charge is 0.0911 e. The van der Waals surface area contributed by atoms with Crippen molar-refractivity contribution < 1.29 is 4.74 Å². The number of rotatable bonds is 4. The van der Waals surface area contributed by atoms with Crippen LogP contribution in [0.4, 0.5) is 0 Å². The number of hydrogen-bond donors (Lipinski definition) is 1. The van der Waals surface area contributed by atoms with Crippen molar-refractivity contribution >= 4 is 15.9 Å². The molecular formula is C14H20BrN3O. The van der Waals surface area contributed by atoms with Crippen molar-refractivity contribution in [2.45, 2.75) is 31.0 Å². The quantitative estimate of drug-likeness (QED) is 0.918. The lowest BCUT2D eigenvalue weighted by molar-refractivity contribution is -0.0628. The van der Waals surface area contributed by atoms with Crippen molar-refractivity contribution in [1.82, 2.24) is 15.2 Å². The van der Waals surface area contributed by atoms with Crippen molar-refractivity contribution in [3.05, 3.63) is 28.5 Å². The Balaban J connectivity index is 1.73. The molecule has 0 radical (unpaired) electrons. The Labute approximate surface area is 122 Å². The van der Waals surface area contributed by atoms with Crippen LogP contribution in [0.1, 0.15) is 24.6 Å². The Kier molecular flexibility index (Phi) is 4.17. The van der Waals surface area contributed by atoms with Crippen molar-refractivity contribution in [3.63, 3.8) is 0 Å².